The molecule has 2 aliphatic rings. The van der Waals surface area contributed by atoms with Crippen molar-refractivity contribution in [1.29, 1.82) is 0 Å². The molecule has 1 aromatic carbocycles. The second kappa shape index (κ2) is 6.53. The van der Waals surface area contributed by atoms with E-state index in [0.29, 0.717) is 13.1 Å². The van der Waals surface area contributed by atoms with Crippen LogP contribution in [0, 0.1) is 11.2 Å². The van der Waals surface area contributed by atoms with Crippen LogP contribution in [-0.4, -0.2) is 43.4 Å². The van der Waals surface area contributed by atoms with Gasteiger partial charge in [0.25, 0.3) is 0 Å². The average molecular weight is 342 g/mol. The van der Waals surface area contributed by atoms with Crippen molar-refractivity contribution in [2.24, 2.45) is 5.41 Å². The molecule has 0 spiro atoms. The lowest BCUT2D eigenvalue weighted by atomic mass is 10.1. The zero-order valence-corrected chi connectivity index (χ0v) is 13.6. The molecule has 7 heteroatoms. The monoisotopic (exact) mass is 341 g/mol. The van der Waals surface area contributed by atoms with Crippen LogP contribution in [0.25, 0.3) is 0 Å². The highest BCUT2D eigenvalue weighted by molar-refractivity contribution is 6.31. The van der Waals surface area contributed by atoms with E-state index in [4.69, 9.17) is 11.6 Å². The molecule has 1 aliphatic heterocycles. The van der Waals surface area contributed by atoms with Crippen LogP contribution in [0.3, 0.4) is 0 Å². The van der Waals surface area contributed by atoms with Crippen molar-refractivity contribution < 1.29 is 14.3 Å². The fourth-order valence-corrected chi connectivity index (χ4v) is 3.04. The number of nitrogens with one attached hydrogen (secondary N) is 2. The van der Waals surface area contributed by atoms with E-state index < -0.39 is 5.82 Å². The summed E-state index contributed by atoms with van der Waals surface area (Å²) in [6.07, 6.45) is 2.76. The van der Waals surface area contributed by atoms with Crippen LogP contribution < -0.4 is 15.5 Å². The standard InChI is InChI=1S/C16H21ClFN3O2/c17-13-7-12(1-2-14(13)18)21-6-3-11(8-21)20-15(23)19-9-16(10-22)4-5-16/h1-2,7,11,22H,3-6,8-10H2,(H2,19,20,23). The number of urea groups is 1. The molecule has 1 aliphatic carbocycles. The molecule has 0 bridgehead atoms. The van der Waals surface area contributed by atoms with Gasteiger partial charge in [-0.1, -0.05) is 11.6 Å². The van der Waals surface area contributed by atoms with E-state index in [1.807, 2.05) is 0 Å². The number of nitrogens with zero attached hydrogens (tertiary/aromatic N) is 1. The number of carbonyl (C=O) groups is 1. The summed E-state index contributed by atoms with van der Waals surface area (Å²) < 4.78 is 13.2. The number of benzene rings is 1. The number of anilines is 1. The fourth-order valence-electron chi connectivity index (χ4n) is 2.87. The van der Waals surface area contributed by atoms with E-state index in [1.54, 1.807) is 12.1 Å². The molecule has 2 fully saturated rings. The van der Waals surface area contributed by atoms with Crippen LogP contribution in [0.2, 0.25) is 5.02 Å². The van der Waals surface area contributed by atoms with Crippen molar-refractivity contribution in [2.45, 2.75) is 25.3 Å². The molecule has 1 saturated carbocycles. The summed E-state index contributed by atoms with van der Waals surface area (Å²) in [6, 6.07) is 4.51. The van der Waals surface area contributed by atoms with Crippen LogP contribution in [0.4, 0.5) is 14.9 Å². The number of hydrogen-bond acceptors (Lipinski definition) is 3. The molecule has 3 N–H and O–H groups in total. The number of halogens is 2. The Morgan fingerprint density at radius 2 is 2.26 bits per heavy atom. The van der Waals surface area contributed by atoms with Gasteiger partial charge in [-0.15, -0.1) is 0 Å². The maximum Gasteiger partial charge on any atom is 0.315 e. The summed E-state index contributed by atoms with van der Waals surface area (Å²) in [6.45, 7) is 2.09. The lowest BCUT2D eigenvalue weighted by molar-refractivity contribution is 0.202. The van der Waals surface area contributed by atoms with E-state index in [0.717, 1.165) is 31.5 Å². The van der Waals surface area contributed by atoms with Gasteiger partial charge in [0.05, 0.1) is 11.6 Å². The lowest BCUT2D eigenvalue weighted by Crippen LogP contribution is -2.45. The molecule has 0 aromatic heterocycles. The van der Waals surface area contributed by atoms with E-state index >= 15 is 0 Å². The zero-order valence-electron chi connectivity index (χ0n) is 12.8. The quantitative estimate of drug-likeness (QED) is 0.768. The van der Waals surface area contributed by atoms with Crippen molar-refractivity contribution >= 4 is 23.3 Å². The maximum atomic E-state index is 13.2. The van der Waals surface area contributed by atoms with Crippen molar-refractivity contribution in [1.82, 2.24) is 10.6 Å². The molecule has 3 rings (SSSR count). The van der Waals surface area contributed by atoms with Crippen molar-refractivity contribution in [3.05, 3.63) is 29.0 Å². The highest BCUT2D eigenvalue weighted by Crippen LogP contribution is 2.44. The highest BCUT2D eigenvalue weighted by atomic mass is 35.5. The summed E-state index contributed by atoms with van der Waals surface area (Å²) in [5, 5.41) is 15.1. The van der Waals surface area contributed by atoms with Crippen LogP contribution in [0.15, 0.2) is 18.2 Å². The predicted octanol–water partition coefficient (Wildman–Crippen LogP) is 2.13. The van der Waals surface area contributed by atoms with Crippen LogP contribution >= 0.6 is 11.6 Å². The Morgan fingerprint density at radius 1 is 1.48 bits per heavy atom. The first-order valence-electron chi connectivity index (χ1n) is 7.87. The van der Waals surface area contributed by atoms with Crippen molar-refractivity contribution in [2.75, 3.05) is 31.1 Å². The molecule has 1 saturated heterocycles. The van der Waals surface area contributed by atoms with Crippen LogP contribution in [-0.2, 0) is 0 Å². The van der Waals surface area contributed by atoms with Gasteiger partial charge in [0.2, 0.25) is 0 Å². The van der Waals surface area contributed by atoms with E-state index in [2.05, 4.69) is 15.5 Å². The van der Waals surface area contributed by atoms with Gasteiger partial charge in [0.15, 0.2) is 0 Å². The summed E-state index contributed by atoms with van der Waals surface area (Å²) in [5.74, 6) is -0.429. The number of carbonyl (C=O) groups excluding carboxylic acids is 1. The van der Waals surface area contributed by atoms with Crippen LogP contribution in [0.5, 0.6) is 0 Å². The first-order valence-corrected chi connectivity index (χ1v) is 8.24. The summed E-state index contributed by atoms with van der Waals surface area (Å²) >= 11 is 5.81. The van der Waals surface area contributed by atoms with Gasteiger partial charge in [-0.2, -0.15) is 0 Å². The Hall–Kier alpha value is -1.53. The third kappa shape index (κ3) is 3.87. The average Bonchev–Trinajstić information content (AvgIpc) is 3.19. The Bertz CT molecular complexity index is 595. The predicted molar refractivity (Wildman–Crippen MR) is 87.3 cm³/mol. The number of aliphatic hydroxyl groups is 1. The van der Waals surface area contributed by atoms with Crippen molar-refractivity contribution in [3.8, 4) is 0 Å². The second-order valence-corrected chi connectivity index (χ2v) is 6.92. The molecule has 1 atom stereocenters. The third-order valence-corrected chi connectivity index (χ3v) is 5.00. The van der Waals surface area contributed by atoms with Gasteiger partial charge in [0, 0.05) is 36.8 Å². The second-order valence-electron chi connectivity index (χ2n) is 6.52. The number of rotatable bonds is 5. The zero-order chi connectivity index (χ0) is 16.4. The smallest absolute Gasteiger partial charge is 0.315 e. The molecular weight excluding hydrogens is 321 g/mol. The summed E-state index contributed by atoms with van der Waals surface area (Å²) in [5.41, 5.74) is 0.766. The number of amides is 2. The Kier molecular flexibility index (Phi) is 4.64. The molecule has 23 heavy (non-hydrogen) atoms. The van der Waals surface area contributed by atoms with Crippen LogP contribution in [0.1, 0.15) is 19.3 Å². The van der Waals surface area contributed by atoms with Gasteiger partial charge in [0.1, 0.15) is 5.82 Å². The molecular formula is C16H21ClFN3O2. The topological polar surface area (TPSA) is 64.6 Å². The van der Waals surface area contributed by atoms with Gasteiger partial charge < -0.3 is 20.6 Å². The molecule has 0 radical (unpaired) electrons. The van der Waals surface area contributed by atoms with E-state index in [-0.39, 0.29) is 29.1 Å². The Balaban J connectivity index is 1.47. The van der Waals surface area contributed by atoms with Gasteiger partial charge in [-0.25, -0.2) is 9.18 Å². The normalized spacial score (nSPS) is 22.0. The first-order chi connectivity index (χ1) is 11.0. The number of hydrogen-bond donors (Lipinski definition) is 3. The van der Waals surface area contributed by atoms with Gasteiger partial charge in [-0.05, 0) is 37.5 Å². The lowest BCUT2D eigenvalue weighted by Gasteiger charge is -2.20. The molecule has 1 heterocycles. The number of aliphatic hydroxyl groups excluding tert-OH is 1. The Labute approximate surface area is 139 Å². The molecule has 1 aromatic rings. The molecule has 1 unspecified atom stereocenters. The minimum absolute atomic E-state index is 0.0445. The Morgan fingerprint density at radius 3 is 2.91 bits per heavy atom. The molecule has 5 nitrogen and oxygen atoms in total. The first kappa shape index (κ1) is 16.3. The van der Waals surface area contributed by atoms with Gasteiger partial charge >= 0.3 is 6.03 Å². The highest BCUT2D eigenvalue weighted by Gasteiger charge is 2.42. The fraction of sp³-hybridized carbons (Fsp3) is 0.562. The summed E-state index contributed by atoms with van der Waals surface area (Å²) in [7, 11) is 0. The minimum Gasteiger partial charge on any atom is -0.396 e. The summed E-state index contributed by atoms with van der Waals surface area (Å²) in [4.78, 5) is 14.0. The van der Waals surface area contributed by atoms with E-state index in [1.165, 1.54) is 6.07 Å². The maximum absolute atomic E-state index is 13.2. The molecule has 126 valence electrons. The minimum atomic E-state index is -0.429. The van der Waals surface area contributed by atoms with E-state index in [9.17, 15) is 14.3 Å². The van der Waals surface area contributed by atoms with Gasteiger partial charge in [-0.3, -0.25) is 0 Å². The largest absolute Gasteiger partial charge is 0.396 e. The third-order valence-electron chi connectivity index (χ3n) is 4.71. The molecule has 2 amide bonds. The SMILES string of the molecule is O=C(NCC1(CO)CC1)NC1CCN(c2ccc(F)c(Cl)c2)C1. The van der Waals surface area contributed by atoms with Crippen molar-refractivity contribution in [3.63, 3.8) is 0 Å².